The number of rotatable bonds is 5. The molecule has 1 fully saturated rings. The number of aromatic nitrogens is 1. The molecule has 0 N–H and O–H groups in total. The van der Waals surface area contributed by atoms with Gasteiger partial charge in [0.05, 0.1) is 17.2 Å². The molecule has 0 spiro atoms. The minimum Gasteiger partial charge on any atom is -0.490 e. The number of halogens is 1. The minimum atomic E-state index is 0.201. The van der Waals surface area contributed by atoms with E-state index in [0.29, 0.717) is 18.9 Å². The molecule has 1 saturated heterocycles. The van der Waals surface area contributed by atoms with Gasteiger partial charge in [0.15, 0.2) is 5.58 Å². The van der Waals surface area contributed by atoms with Crippen LogP contribution >= 0.6 is 11.6 Å². The lowest BCUT2D eigenvalue weighted by atomic mass is 10.1. The molecule has 1 aromatic carbocycles. The van der Waals surface area contributed by atoms with Crippen molar-refractivity contribution in [2.45, 2.75) is 25.4 Å². The van der Waals surface area contributed by atoms with Crippen LogP contribution < -0.4 is 4.74 Å². The van der Waals surface area contributed by atoms with Crippen molar-refractivity contribution in [3.63, 3.8) is 0 Å². The molecule has 102 valence electrons. The summed E-state index contributed by atoms with van der Waals surface area (Å²) in [5, 5.41) is 4.99. The Kier molecular flexibility index (Phi) is 3.89. The lowest BCUT2D eigenvalue weighted by molar-refractivity contribution is 0.0685. The summed E-state index contributed by atoms with van der Waals surface area (Å²) in [5.74, 6) is 1.32. The third-order valence-electron chi connectivity index (χ3n) is 3.31. The first-order valence-corrected chi connectivity index (χ1v) is 7.09. The van der Waals surface area contributed by atoms with Crippen LogP contribution in [-0.4, -0.2) is 30.4 Å². The monoisotopic (exact) mass is 281 g/mol. The van der Waals surface area contributed by atoms with Crippen molar-refractivity contribution in [2.75, 3.05) is 19.1 Å². The van der Waals surface area contributed by atoms with Crippen molar-refractivity contribution >= 4 is 22.6 Å². The molecule has 0 aliphatic carbocycles. The molecule has 0 radical (unpaired) electrons. The first-order chi connectivity index (χ1) is 9.38. The molecule has 3 rings (SSSR count). The van der Waals surface area contributed by atoms with Gasteiger partial charge in [0.2, 0.25) is 0 Å². The lowest BCUT2D eigenvalue weighted by Gasteiger charge is -2.12. The van der Waals surface area contributed by atoms with Gasteiger partial charge in [-0.3, -0.25) is 0 Å². The van der Waals surface area contributed by atoms with Crippen molar-refractivity contribution in [3.05, 3.63) is 23.9 Å². The minimum absolute atomic E-state index is 0.201. The number of nitrogens with zero attached hydrogens (tertiary/aromatic N) is 1. The normalized spacial score (nSPS) is 19.1. The first-order valence-electron chi connectivity index (χ1n) is 6.56. The number of hydrogen-bond donors (Lipinski definition) is 0. The summed E-state index contributed by atoms with van der Waals surface area (Å²) in [4.78, 5) is 0. The fourth-order valence-corrected chi connectivity index (χ4v) is 2.54. The third kappa shape index (κ3) is 2.69. The summed E-state index contributed by atoms with van der Waals surface area (Å²) in [6.07, 6.45) is 3.05. The molecule has 19 heavy (non-hydrogen) atoms. The van der Waals surface area contributed by atoms with Gasteiger partial charge in [0, 0.05) is 18.9 Å². The van der Waals surface area contributed by atoms with E-state index >= 15 is 0 Å². The first kappa shape index (κ1) is 12.8. The van der Waals surface area contributed by atoms with Crippen molar-refractivity contribution in [1.29, 1.82) is 0 Å². The fraction of sp³-hybridized carbons (Fsp3) is 0.500. The molecule has 1 aromatic heterocycles. The molecule has 2 heterocycles. The second-order valence-corrected chi connectivity index (χ2v) is 5.02. The summed E-state index contributed by atoms with van der Waals surface area (Å²) in [7, 11) is 0. The Morgan fingerprint density at radius 3 is 3.16 bits per heavy atom. The molecule has 4 nitrogen and oxygen atoms in total. The second-order valence-electron chi connectivity index (χ2n) is 4.64. The predicted molar refractivity (Wildman–Crippen MR) is 72.9 cm³/mol. The Morgan fingerprint density at radius 1 is 1.42 bits per heavy atom. The average Bonchev–Trinajstić information content (AvgIpc) is 3.07. The molecule has 1 aliphatic heterocycles. The summed E-state index contributed by atoms with van der Waals surface area (Å²) >= 11 is 5.78. The maximum atomic E-state index is 5.88. The molecular formula is C14H16ClNO3. The Balaban J connectivity index is 1.82. The van der Waals surface area contributed by atoms with E-state index in [1.807, 2.05) is 18.2 Å². The van der Waals surface area contributed by atoms with Crippen LogP contribution in [0.15, 0.2) is 22.7 Å². The molecule has 0 amide bonds. The highest BCUT2D eigenvalue weighted by Crippen LogP contribution is 2.30. The van der Waals surface area contributed by atoms with Crippen molar-refractivity contribution < 1.29 is 14.0 Å². The van der Waals surface area contributed by atoms with Gasteiger partial charge in [-0.05, 0) is 25.0 Å². The van der Waals surface area contributed by atoms with E-state index < -0.39 is 0 Å². The van der Waals surface area contributed by atoms with E-state index in [-0.39, 0.29) is 6.10 Å². The van der Waals surface area contributed by atoms with E-state index in [9.17, 15) is 0 Å². The van der Waals surface area contributed by atoms with Gasteiger partial charge >= 0.3 is 0 Å². The number of alkyl halides is 1. The topological polar surface area (TPSA) is 44.5 Å². The average molecular weight is 282 g/mol. The van der Waals surface area contributed by atoms with E-state index in [1.54, 1.807) is 0 Å². The molecule has 5 heteroatoms. The van der Waals surface area contributed by atoms with Crippen LogP contribution in [0.25, 0.3) is 11.0 Å². The Morgan fingerprint density at radius 2 is 2.37 bits per heavy atom. The number of hydrogen-bond acceptors (Lipinski definition) is 4. The largest absolute Gasteiger partial charge is 0.490 e. The van der Waals surface area contributed by atoms with E-state index in [0.717, 1.165) is 41.9 Å². The number of fused-ring (bicyclic) bond motifs is 1. The third-order valence-corrected chi connectivity index (χ3v) is 3.50. The zero-order chi connectivity index (χ0) is 13.1. The summed E-state index contributed by atoms with van der Waals surface area (Å²) < 4.78 is 16.7. The van der Waals surface area contributed by atoms with Gasteiger partial charge in [-0.15, -0.1) is 11.6 Å². The van der Waals surface area contributed by atoms with Gasteiger partial charge in [-0.1, -0.05) is 11.2 Å². The summed E-state index contributed by atoms with van der Waals surface area (Å²) in [6.45, 7) is 1.41. The standard InChI is InChI=1S/C14H16ClNO3/c15-7-6-11-14-12(4-1-5-13(14)19-16-11)18-9-10-3-2-8-17-10/h1,4-5,10H,2-3,6-9H2. The van der Waals surface area contributed by atoms with Crippen LogP contribution in [0.5, 0.6) is 5.75 Å². The number of aryl methyl sites for hydroxylation is 1. The molecule has 0 saturated carbocycles. The smallest absolute Gasteiger partial charge is 0.170 e. The van der Waals surface area contributed by atoms with Gasteiger partial charge in [-0.2, -0.15) is 0 Å². The van der Waals surface area contributed by atoms with Gasteiger partial charge in [0.1, 0.15) is 12.4 Å². The predicted octanol–water partition coefficient (Wildman–Crippen LogP) is 3.17. The highest BCUT2D eigenvalue weighted by molar-refractivity contribution is 6.18. The Labute approximate surface area is 116 Å². The summed E-state index contributed by atoms with van der Waals surface area (Å²) in [5.41, 5.74) is 1.60. The van der Waals surface area contributed by atoms with E-state index in [2.05, 4.69) is 5.16 Å². The fourth-order valence-electron chi connectivity index (χ4n) is 2.36. The lowest BCUT2D eigenvalue weighted by Crippen LogP contribution is -2.16. The van der Waals surface area contributed by atoms with Gasteiger partial charge < -0.3 is 14.0 Å². The van der Waals surface area contributed by atoms with Gasteiger partial charge in [0.25, 0.3) is 0 Å². The van der Waals surface area contributed by atoms with Crippen LogP contribution in [0.2, 0.25) is 0 Å². The van der Waals surface area contributed by atoms with Crippen LogP contribution in [0, 0.1) is 0 Å². The maximum absolute atomic E-state index is 5.88. The Bertz CT molecular complexity index is 549. The van der Waals surface area contributed by atoms with Crippen molar-refractivity contribution in [2.24, 2.45) is 0 Å². The second kappa shape index (κ2) is 5.80. The maximum Gasteiger partial charge on any atom is 0.170 e. The molecule has 2 aromatic rings. The quantitative estimate of drug-likeness (QED) is 0.790. The molecule has 1 atom stereocenters. The highest BCUT2D eigenvalue weighted by atomic mass is 35.5. The molecule has 1 aliphatic rings. The van der Waals surface area contributed by atoms with Crippen molar-refractivity contribution in [1.82, 2.24) is 5.16 Å². The Hall–Kier alpha value is -1.26. The van der Waals surface area contributed by atoms with Crippen LogP contribution in [0.1, 0.15) is 18.5 Å². The van der Waals surface area contributed by atoms with Gasteiger partial charge in [-0.25, -0.2) is 0 Å². The molecule has 0 bridgehead atoms. The molecule has 1 unspecified atom stereocenters. The van der Waals surface area contributed by atoms with Crippen molar-refractivity contribution in [3.8, 4) is 5.75 Å². The van der Waals surface area contributed by atoms with Crippen LogP contribution in [0.4, 0.5) is 0 Å². The van der Waals surface area contributed by atoms with E-state index in [1.165, 1.54) is 0 Å². The number of ether oxygens (including phenoxy) is 2. The molecular weight excluding hydrogens is 266 g/mol. The number of benzene rings is 1. The van der Waals surface area contributed by atoms with Crippen LogP contribution in [0.3, 0.4) is 0 Å². The van der Waals surface area contributed by atoms with E-state index in [4.69, 9.17) is 25.6 Å². The zero-order valence-corrected chi connectivity index (χ0v) is 11.4. The summed E-state index contributed by atoms with van der Waals surface area (Å²) in [6, 6.07) is 5.73. The SMILES string of the molecule is ClCCc1noc2cccc(OCC3CCCO3)c12. The zero-order valence-electron chi connectivity index (χ0n) is 10.6. The van der Waals surface area contributed by atoms with Crippen LogP contribution in [-0.2, 0) is 11.2 Å². The highest BCUT2D eigenvalue weighted by Gasteiger charge is 2.18.